The standard InChI is InChI=1S/C14H20N2O3/c1-14(5-2-6-15-8-14)9-16-13(19)11-7-10(17)3-4-12(11)18/h3-4,7,15,17-18H,2,5-6,8-9H2,1H3,(H,16,19). The van der Waals surface area contributed by atoms with E-state index in [0.29, 0.717) is 6.54 Å². The number of rotatable bonds is 3. The van der Waals surface area contributed by atoms with Crippen LogP contribution in [0.25, 0.3) is 0 Å². The molecule has 5 heteroatoms. The van der Waals surface area contributed by atoms with Gasteiger partial charge in [0.05, 0.1) is 5.56 Å². The van der Waals surface area contributed by atoms with E-state index in [1.165, 1.54) is 18.2 Å². The summed E-state index contributed by atoms with van der Waals surface area (Å²) in [6, 6.07) is 3.93. The molecule has 1 unspecified atom stereocenters. The van der Waals surface area contributed by atoms with Crippen molar-refractivity contribution in [2.24, 2.45) is 5.41 Å². The summed E-state index contributed by atoms with van der Waals surface area (Å²) in [6.45, 7) is 4.58. The molecule has 1 aliphatic rings. The Morgan fingerprint density at radius 1 is 1.47 bits per heavy atom. The van der Waals surface area contributed by atoms with Gasteiger partial charge in [-0.2, -0.15) is 0 Å². The normalized spacial score (nSPS) is 23.0. The molecular weight excluding hydrogens is 244 g/mol. The number of phenols is 2. The number of carbonyl (C=O) groups is 1. The van der Waals surface area contributed by atoms with Gasteiger partial charge in [-0.25, -0.2) is 0 Å². The Kier molecular flexibility index (Phi) is 3.95. The van der Waals surface area contributed by atoms with E-state index in [1.54, 1.807) is 0 Å². The Balaban J connectivity index is 1.99. The highest BCUT2D eigenvalue weighted by molar-refractivity contribution is 5.97. The number of amides is 1. The van der Waals surface area contributed by atoms with Crippen molar-refractivity contribution < 1.29 is 15.0 Å². The fraction of sp³-hybridized carbons (Fsp3) is 0.500. The van der Waals surface area contributed by atoms with Crippen molar-refractivity contribution in [1.29, 1.82) is 0 Å². The lowest BCUT2D eigenvalue weighted by atomic mass is 9.83. The second kappa shape index (κ2) is 5.48. The number of phenolic OH excluding ortho intramolecular Hbond substituents is 2. The van der Waals surface area contributed by atoms with Crippen LogP contribution in [0.15, 0.2) is 18.2 Å². The molecule has 0 aliphatic carbocycles. The smallest absolute Gasteiger partial charge is 0.255 e. The lowest BCUT2D eigenvalue weighted by Crippen LogP contribution is -2.45. The second-order valence-corrected chi connectivity index (χ2v) is 5.48. The first-order chi connectivity index (χ1) is 9.00. The van der Waals surface area contributed by atoms with E-state index in [2.05, 4.69) is 17.6 Å². The van der Waals surface area contributed by atoms with Crippen molar-refractivity contribution in [3.8, 4) is 11.5 Å². The summed E-state index contributed by atoms with van der Waals surface area (Å²) in [5.41, 5.74) is 0.146. The van der Waals surface area contributed by atoms with Crippen LogP contribution >= 0.6 is 0 Å². The summed E-state index contributed by atoms with van der Waals surface area (Å²) in [5.74, 6) is -0.518. The Morgan fingerprint density at radius 2 is 2.26 bits per heavy atom. The van der Waals surface area contributed by atoms with Gasteiger partial charge in [-0.3, -0.25) is 4.79 Å². The molecule has 0 saturated carbocycles. The zero-order valence-corrected chi connectivity index (χ0v) is 11.1. The molecule has 0 bridgehead atoms. The topological polar surface area (TPSA) is 81.6 Å². The third kappa shape index (κ3) is 3.38. The van der Waals surface area contributed by atoms with Crippen LogP contribution < -0.4 is 10.6 Å². The van der Waals surface area contributed by atoms with Crippen molar-refractivity contribution in [3.05, 3.63) is 23.8 Å². The minimum absolute atomic E-state index is 0.0338. The summed E-state index contributed by atoms with van der Waals surface area (Å²) in [7, 11) is 0. The van der Waals surface area contributed by atoms with E-state index in [0.717, 1.165) is 25.9 Å². The van der Waals surface area contributed by atoms with E-state index < -0.39 is 0 Å². The highest BCUT2D eigenvalue weighted by atomic mass is 16.3. The fourth-order valence-corrected chi connectivity index (χ4v) is 2.36. The average molecular weight is 264 g/mol. The van der Waals surface area contributed by atoms with Gasteiger partial charge in [0.2, 0.25) is 0 Å². The zero-order chi connectivity index (χ0) is 13.9. The molecule has 19 heavy (non-hydrogen) atoms. The molecule has 4 N–H and O–H groups in total. The van der Waals surface area contributed by atoms with E-state index in [9.17, 15) is 15.0 Å². The Morgan fingerprint density at radius 3 is 2.95 bits per heavy atom. The number of benzene rings is 1. The summed E-state index contributed by atoms with van der Waals surface area (Å²) in [6.07, 6.45) is 2.16. The Bertz CT molecular complexity index is 468. The number of hydrogen-bond donors (Lipinski definition) is 4. The van der Waals surface area contributed by atoms with Crippen LogP contribution in [0.5, 0.6) is 11.5 Å². The van der Waals surface area contributed by atoms with Crippen molar-refractivity contribution in [3.63, 3.8) is 0 Å². The maximum atomic E-state index is 12.0. The molecule has 1 amide bonds. The maximum absolute atomic E-state index is 12.0. The summed E-state index contributed by atoms with van der Waals surface area (Å²) >= 11 is 0. The lowest BCUT2D eigenvalue weighted by Gasteiger charge is -2.34. The van der Waals surface area contributed by atoms with Crippen LogP contribution in [0, 0.1) is 5.41 Å². The first-order valence-corrected chi connectivity index (χ1v) is 6.51. The van der Waals surface area contributed by atoms with Crippen molar-refractivity contribution in [1.82, 2.24) is 10.6 Å². The third-order valence-electron chi connectivity index (χ3n) is 3.59. The van der Waals surface area contributed by atoms with Crippen LogP contribution in [0.2, 0.25) is 0 Å². The maximum Gasteiger partial charge on any atom is 0.255 e. The highest BCUT2D eigenvalue weighted by Gasteiger charge is 2.27. The lowest BCUT2D eigenvalue weighted by molar-refractivity contribution is 0.0921. The Hall–Kier alpha value is -1.75. The van der Waals surface area contributed by atoms with Gasteiger partial charge in [0.25, 0.3) is 5.91 Å². The van der Waals surface area contributed by atoms with Gasteiger partial charge in [-0.1, -0.05) is 6.92 Å². The largest absolute Gasteiger partial charge is 0.508 e. The van der Waals surface area contributed by atoms with Gasteiger partial charge in [-0.15, -0.1) is 0 Å². The van der Waals surface area contributed by atoms with Gasteiger partial charge >= 0.3 is 0 Å². The number of hydrogen-bond acceptors (Lipinski definition) is 4. The molecule has 1 aromatic rings. The molecule has 2 rings (SSSR count). The van der Waals surface area contributed by atoms with Gasteiger partial charge in [0.15, 0.2) is 0 Å². The number of piperidine rings is 1. The van der Waals surface area contributed by atoms with E-state index in [1.807, 2.05) is 0 Å². The van der Waals surface area contributed by atoms with Crippen molar-refractivity contribution in [2.75, 3.05) is 19.6 Å². The van der Waals surface area contributed by atoms with Gasteiger partial charge in [0.1, 0.15) is 11.5 Å². The number of nitrogens with one attached hydrogen (secondary N) is 2. The van der Waals surface area contributed by atoms with Gasteiger partial charge in [-0.05, 0) is 43.0 Å². The molecule has 0 aromatic heterocycles. The molecular formula is C14H20N2O3. The minimum atomic E-state index is -0.361. The molecule has 1 heterocycles. The first-order valence-electron chi connectivity index (χ1n) is 6.51. The first kappa shape index (κ1) is 13.7. The Labute approximate surface area is 112 Å². The quantitative estimate of drug-likeness (QED) is 0.619. The summed E-state index contributed by atoms with van der Waals surface area (Å²) < 4.78 is 0. The molecule has 0 spiro atoms. The minimum Gasteiger partial charge on any atom is -0.508 e. The predicted octanol–water partition coefficient (Wildman–Crippen LogP) is 1.22. The van der Waals surface area contributed by atoms with Crippen molar-refractivity contribution in [2.45, 2.75) is 19.8 Å². The van der Waals surface area contributed by atoms with Crippen LogP contribution in [0.1, 0.15) is 30.1 Å². The van der Waals surface area contributed by atoms with E-state index in [4.69, 9.17) is 0 Å². The molecule has 1 aliphatic heterocycles. The summed E-state index contributed by atoms with van der Waals surface area (Å²) in [5, 5.41) is 25.1. The molecule has 0 radical (unpaired) electrons. The van der Waals surface area contributed by atoms with Crippen LogP contribution in [0.3, 0.4) is 0 Å². The highest BCUT2D eigenvalue weighted by Crippen LogP contribution is 2.25. The number of carbonyl (C=O) groups excluding carboxylic acids is 1. The molecule has 1 atom stereocenters. The van der Waals surface area contributed by atoms with E-state index >= 15 is 0 Å². The predicted molar refractivity (Wildman–Crippen MR) is 72.3 cm³/mol. The van der Waals surface area contributed by atoms with E-state index in [-0.39, 0.29) is 28.4 Å². The summed E-state index contributed by atoms with van der Waals surface area (Å²) in [4.78, 5) is 12.0. The molecule has 1 fully saturated rings. The van der Waals surface area contributed by atoms with Crippen LogP contribution in [-0.4, -0.2) is 35.8 Å². The van der Waals surface area contributed by atoms with Gasteiger partial charge in [0, 0.05) is 13.1 Å². The third-order valence-corrected chi connectivity index (χ3v) is 3.59. The van der Waals surface area contributed by atoms with Crippen LogP contribution in [-0.2, 0) is 0 Å². The monoisotopic (exact) mass is 264 g/mol. The average Bonchev–Trinajstić information content (AvgIpc) is 2.40. The second-order valence-electron chi connectivity index (χ2n) is 5.48. The molecule has 1 saturated heterocycles. The van der Waals surface area contributed by atoms with Crippen LogP contribution in [0.4, 0.5) is 0 Å². The fourth-order valence-electron chi connectivity index (χ4n) is 2.36. The molecule has 104 valence electrons. The van der Waals surface area contributed by atoms with Gasteiger partial charge < -0.3 is 20.8 Å². The SMILES string of the molecule is CC1(CNC(=O)c2cc(O)ccc2O)CCCNC1. The molecule has 5 nitrogen and oxygen atoms in total. The van der Waals surface area contributed by atoms with Crippen molar-refractivity contribution >= 4 is 5.91 Å². The number of aromatic hydroxyl groups is 2. The zero-order valence-electron chi connectivity index (χ0n) is 11.1. The molecule has 1 aromatic carbocycles.